The lowest BCUT2D eigenvalue weighted by Crippen LogP contribution is -2.08. The number of terminal acetylenes is 1. The van der Waals surface area contributed by atoms with Crippen molar-refractivity contribution in [2.24, 2.45) is 5.73 Å². The monoisotopic (exact) mass is 160 g/mol. The van der Waals surface area contributed by atoms with Crippen LogP contribution in [0, 0.1) is 19.3 Å². The van der Waals surface area contributed by atoms with Gasteiger partial charge in [0.15, 0.2) is 0 Å². The fraction of sp³-hybridized carbons (Fsp3) is 0.300. The first-order chi connectivity index (χ1) is 5.65. The van der Waals surface area contributed by atoms with Gasteiger partial charge in [-0.15, -0.1) is 6.42 Å². The van der Waals surface area contributed by atoms with E-state index in [1.807, 2.05) is 26.0 Å². The highest BCUT2D eigenvalue weighted by Crippen LogP contribution is 2.09. The molecule has 2 nitrogen and oxygen atoms in total. The van der Waals surface area contributed by atoms with Crippen molar-refractivity contribution < 1.29 is 0 Å². The minimum Gasteiger partial charge on any atom is -0.323 e. The second-order valence-electron chi connectivity index (χ2n) is 2.80. The molecule has 0 bridgehead atoms. The van der Waals surface area contributed by atoms with Crippen molar-refractivity contribution in [1.29, 1.82) is 0 Å². The summed E-state index contributed by atoms with van der Waals surface area (Å²) in [6.45, 7) is 3.79. The third-order valence-electron chi connectivity index (χ3n) is 1.73. The van der Waals surface area contributed by atoms with E-state index in [0.717, 1.165) is 17.0 Å². The molecule has 0 aliphatic carbocycles. The minimum atomic E-state index is -0.0319. The van der Waals surface area contributed by atoms with Gasteiger partial charge in [-0.2, -0.15) is 0 Å². The molecule has 0 spiro atoms. The highest BCUT2D eigenvalue weighted by molar-refractivity contribution is 5.36. The standard InChI is InChI=1S/C10H12N2/c1-4-9-5-6-10(7(2)11)12-8(9)3/h1,5-7H,11H2,2-3H3/t7-/m1/s1. The molecule has 0 aromatic carbocycles. The van der Waals surface area contributed by atoms with Crippen molar-refractivity contribution in [3.63, 3.8) is 0 Å². The van der Waals surface area contributed by atoms with Crippen LogP contribution in [0.3, 0.4) is 0 Å². The fourth-order valence-electron chi connectivity index (χ4n) is 0.987. The molecule has 1 heterocycles. The number of nitrogens with two attached hydrogens (primary N) is 1. The first kappa shape index (κ1) is 8.76. The maximum Gasteiger partial charge on any atom is 0.0572 e. The number of aromatic nitrogens is 1. The molecule has 0 unspecified atom stereocenters. The van der Waals surface area contributed by atoms with Gasteiger partial charge in [-0.05, 0) is 26.0 Å². The molecule has 2 heteroatoms. The normalized spacial score (nSPS) is 12.2. The number of hydrogen-bond acceptors (Lipinski definition) is 2. The predicted molar refractivity (Wildman–Crippen MR) is 49.5 cm³/mol. The molecule has 1 aromatic heterocycles. The van der Waals surface area contributed by atoms with Crippen LogP contribution in [0.4, 0.5) is 0 Å². The Bertz CT molecular complexity index is 321. The van der Waals surface area contributed by atoms with E-state index < -0.39 is 0 Å². The van der Waals surface area contributed by atoms with E-state index in [0.29, 0.717) is 0 Å². The zero-order chi connectivity index (χ0) is 9.14. The van der Waals surface area contributed by atoms with Crippen molar-refractivity contribution in [2.75, 3.05) is 0 Å². The summed E-state index contributed by atoms with van der Waals surface area (Å²) in [5.74, 6) is 2.56. The van der Waals surface area contributed by atoms with E-state index in [4.69, 9.17) is 12.2 Å². The van der Waals surface area contributed by atoms with Gasteiger partial charge < -0.3 is 5.73 Å². The SMILES string of the molecule is C#Cc1ccc([C@@H](C)N)nc1C. The summed E-state index contributed by atoms with van der Waals surface area (Å²) in [6, 6.07) is 3.71. The van der Waals surface area contributed by atoms with Gasteiger partial charge in [-0.1, -0.05) is 5.92 Å². The van der Waals surface area contributed by atoms with E-state index in [2.05, 4.69) is 10.9 Å². The van der Waals surface area contributed by atoms with Crippen LogP contribution in [0.15, 0.2) is 12.1 Å². The Morgan fingerprint density at radius 2 is 2.25 bits per heavy atom. The molecule has 62 valence electrons. The average Bonchev–Trinajstić information content (AvgIpc) is 2.04. The van der Waals surface area contributed by atoms with E-state index in [9.17, 15) is 0 Å². The Labute approximate surface area is 72.8 Å². The van der Waals surface area contributed by atoms with Gasteiger partial charge in [0.05, 0.1) is 11.4 Å². The molecule has 0 amide bonds. The molecule has 0 fully saturated rings. The van der Waals surface area contributed by atoms with Crippen LogP contribution in [0.5, 0.6) is 0 Å². The van der Waals surface area contributed by atoms with E-state index in [-0.39, 0.29) is 6.04 Å². The van der Waals surface area contributed by atoms with Gasteiger partial charge in [0.25, 0.3) is 0 Å². The Morgan fingerprint density at radius 3 is 2.67 bits per heavy atom. The van der Waals surface area contributed by atoms with Crippen molar-refractivity contribution in [3.05, 3.63) is 29.1 Å². The molecule has 2 N–H and O–H groups in total. The Morgan fingerprint density at radius 1 is 1.58 bits per heavy atom. The molecule has 1 atom stereocenters. The highest BCUT2D eigenvalue weighted by atomic mass is 14.8. The number of pyridine rings is 1. The molecule has 0 radical (unpaired) electrons. The maximum absolute atomic E-state index is 5.66. The quantitative estimate of drug-likeness (QED) is 0.630. The molecule has 0 aliphatic rings. The lowest BCUT2D eigenvalue weighted by molar-refractivity contribution is 0.775. The highest BCUT2D eigenvalue weighted by Gasteiger charge is 2.02. The van der Waals surface area contributed by atoms with Crippen molar-refractivity contribution in [2.45, 2.75) is 19.9 Å². The lowest BCUT2D eigenvalue weighted by Gasteiger charge is -2.05. The maximum atomic E-state index is 5.66. The van der Waals surface area contributed by atoms with Crippen molar-refractivity contribution >= 4 is 0 Å². The van der Waals surface area contributed by atoms with Crippen LogP contribution < -0.4 is 5.73 Å². The molecule has 0 aliphatic heterocycles. The van der Waals surface area contributed by atoms with Crippen LogP contribution >= 0.6 is 0 Å². The fourth-order valence-corrected chi connectivity index (χ4v) is 0.987. The predicted octanol–water partition coefficient (Wildman–Crippen LogP) is 1.39. The number of aryl methyl sites for hydroxylation is 1. The van der Waals surface area contributed by atoms with Crippen molar-refractivity contribution in [3.8, 4) is 12.3 Å². The first-order valence-electron chi connectivity index (χ1n) is 3.85. The topological polar surface area (TPSA) is 38.9 Å². The Hall–Kier alpha value is -1.33. The van der Waals surface area contributed by atoms with E-state index >= 15 is 0 Å². The zero-order valence-electron chi connectivity index (χ0n) is 7.33. The second kappa shape index (κ2) is 3.38. The van der Waals surface area contributed by atoms with Gasteiger partial charge in [-0.3, -0.25) is 4.98 Å². The first-order valence-corrected chi connectivity index (χ1v) is 3.85. The molecule has 0 saturated carbocycles. The summed E-state index contributed by atoms with van der Waals surface area (Å²) in [4.78, 5) is 4.28. The molecular weight excluding hydrogens is 148 g/mol. The van der Waals surface area contributed by atoms with Crippen LogP contribution in [0.1, 0.15) is 29.9 Å². The summed E-state index contributed by atoms with van der Waals surface area (Å²) < 4.78 is 0. The Balaban J connectivity index is 3.12. The third kappa shape index (κ3) is 1.63. The van der Waals surface area contributed by atoms with Crippen LogP contribution in [0.25, 0.3) is 0 Å². The third-order valence-corrected chi connectivity index (χ3v) is 1.73. The van der Waals surface area contributed by atoms with Gasteiger partial charge in [0.1, 0.15) is 0 Å². The van der Waals surface area contributed by atoms with Gasteiger partial charge in [0, 0.05) is 11.6 Å². The van der Waals surface area contributed by atoms with Gasteiger partial charge in [-0.25, -0.2) is 0 Å². The average molecular weight is 160 g/mol. The summed E-state index contributed by atoms with van der Waals surface area (Å²) >= 11 is 0. The number of nitrogens with zero attached hydrogens (tertiary/aromatic N) is 1. The summed E-state index contributed by atoms with van der Waals surface area (Å²) in [5.41, 5.74) is 8.24. The molecule has 1 aromatic rings. The van der Waals surface area contributed by atoms with Crippen LogP contribution in [-0.2, 0) is 0 Å². The zero-order valence-corrected chi connectivity index (χ0v) is 7.33. The minimum absolute atomic E-state index is 0.0319. The van der Waals surface area contributed by atoms with Gasteiger partial charge >= 0.3 is 0 Å². The largest absolute Gasteiger partial charge is 0.323 e. The summed E-state index contributed by atoms with van der Waals surface area (Å²) in [7, 11) is 0. The van der Waals surface area contributed by atoms with Gasteiger partial charge in [0.2, 0.25) is 0 Å². The molecule has 0 saturated heterocycles. The summed E-state index contributed by atoms with van der Waals surface area (Å²) in [6.07, 6.45) is 5.26. The lowest BCUT2D eigenvalue weighted by atomic mass is 10.1. The summed E-state index contributed by atoms with van der Waals surface area (Å²) in [5, 5.41) is 0. The number of rotatable bonds is 1. The van der Waals surface area contributed by atoms with E-state index in [1.54, 1.807) is 0 Å². The van der Waals surface area contributed by atoms with Crippen LogP contribution in [-0.4, -0.2) is 4.98 Å². The molecule has 12 heavy (non-hydrogen) atoms. The smallest absolute Gasteiger partial charge is 0.0572 e. The molecular formula is C10H12N2. The number of hydrogen-bond donors (Lipinski definition) is 1. The second-order valence-corrected chi connectivity index (χ2v) is 2.80. The van der Waals surface area contributed by atoms with Crippen LogP contribution in [0.2, 0.25) is 0 Å². The molecule has 1 rings (SSSR count). The van der Waals surface area contributed by atoms with Crippen molar-refractivity contribution in [1.82, 2.24) is 4.98 Å². The van der Waals surface area contributed by atoms with E-state index in [1.165, 1.54) is 0 Å². The Kier molecular flexibility index (Phi) is 2.47.